The van der Waals surface area contributed by atoms with Crippen molar-refractivity contribution in [3.05, 3.63) is 114 Å². The van der Waals surface area contributed by atoms with E-state index in [4.69, 9.17) is 9.47 Å². The molecule has 2 N–H and O–H groups in total. The van der Waals surface area contributed by atoms with E-state index in [-0.39, 0.29) is 23.4 Å². The van der Waals surface area contributed by atoms with Crippen molar-refractivity contribution >= 4 is 17.6 Å². The average molecular weight is 523 g/mol. The molecule has 0 atom stereocenters. The Balaban J connectivity index is 1.41. The predicted molar refractivity (Wildman–Crippen MR) is 151 cm³/mol. The van der Waals surface area contributed by atoms with Crippen LogP contribution in [0.1, 0.15) is 32.7 Å². The van der Waals surface area contributed by atoms with Gasteiger partial charge >= 0.3 is 5.97 Å². The quantitative estimate of drug-likeness (QED) is 0.252. The molecule has 0 unspecified atom stereocenters. The first kappa shape index (κ1) is 26.0. The number of ether oxygens (including phenoxy) is 2. The summed E-state index contributed by atoms with van der Waals surface area (Å²) in [4.78, 5) is 27.9. The van der Waals surface area contributed by atoms with Crippen molar-refractivity contribution in [2.24, 2.45) is 0 Å². The number of nitrogens with zero attached hydrogens (tertiary/aromatic N) is 1. The van der Waals surface area contributed by atoms with E-state index in [1.165, 1.54) is 12.5 Å². The Morgan fingerprint density at radius 3 is 2.23 bits per heavy atom. The minimum atomic E-state index is -1.13. The molecule has 0 radical (unpaired) electrons. The summed E-state index contributed by atoms with van der Waals surface area (Å²) in [6.07, 6.45) is 1.21. The Morgan fingerprint density at radius 2 is 1.54 bits per heavy atom. The summed E-state index contributed by atoms with van der Waals surface area (Å²) in [5, 5.41) is 12.6. The van der Waals surface area contributed by atoms with E-state index in [0.717, 1.165) is 36.3 Å². The molecule has 1 amide bonds. The highest BCUT2D eigenvalue weighted by atomic mass is 16.5. The summed E-state index contributed by atoms with van der Waals surface area (Å²) in [6.45, 7) is 3.77. The maximum Gasteiger partial charge on any atom is 0.337 e. The molecular weight excluding hydrogens is 492 g/mol. The molecule has 0 aliphatic carbocycles. The number of carboxylic acid groups (broad SMARTS) is 1. The Bertz CT molecular complexity index is 1440. The molecule has 7 heteroatoms. The number of amides is 1. The highest BCUT2D eigenvalue weighted by Crippen LogP contribution is 2.30. The van der Waals surface area contributed by atoms with Gasteiger partial charge in [-0.15, -0.1) is 0 Å². The number of carbonyl (C=O) groups excluding carboxylic acids is 1. The van der Waals surface area contributed by atoms with Crippen LogP contribution in [0.4, 0.5) is 5.69 Å². The summed E-state index contributed by atoms with van der Waals surface area (Å²) in [6, 6.07) is 29.3. The zero-order chi connectivity index (χ0) is 27.0. The molecule has 7 nitrogen and oxygen atoms in total. The highest BCUT2D eigenvalue weighted by molar-refractivity contribution is 6.09. The number of carbonyl (C=O) groups is 2. The van der Waals surface area contributed by atoms with Crippen LogP contribution in [0.25, 0.3) is 11.1 Å². The van der Waals surface area contributed by atoms with Crippen molar-refractivity contribution in [2.75, 3.05) is 31.6 Å². The summed E-state index contributed by atoms with van der Waals surface area (Å²) in [5.74, 6) is -0.695. The summed E-state index contributed by atoms with van der Waals surface area (Å²) >= 11 is 0. The number of rotatable bonds is 11. The number of carboxylic acids is 1. The van der Waals surface area contributed by atoms with Crippen molar-refractivity contribution in [3.63, 3.8) is 0 Å². The lowest BCUT2D eigenvalue weighted by Crippen LogP contribution is -2.39. The molecule has 0 bridgehead atoms. The molecule has 1 fully saturated rings. The van der Waals surface area contributed by atoms with Crippen LogP contribution in [-0.4, -0.2) is 48.1 Å². The van der Waals surface area contributed by atoms with Crippen molar-refractivity contribution in [2.45, 2.75) is 13.0 Å². The van der Waals surface area contributed by atoms with Gasteiger partial charge in [0.15, 0.2) is 0 Å². The maximum absolute atomic E-state index is 13.6. The zero-order valence-corrected chi connectivity index (χ0v) is 21.5. The fourth-order valence-corrected chi connectivity index (χ4v) is 4.37. The first-order valence-corrected chi connectivity index (χ1v) is 13.0. The van der Waals surface area contributed by atoms with E-state index in [1.807, 2.05) is 60.7 Å². The van der Waals surface area contributed by atoms with E-state index in [2.05, 4.69) is 10.2 Å². The fourth-order valence-electron chi connectivity index (χ4n) is 4.37. The van der Waals surface area contributed by atoms with Crippen LogP contribution >= 0.6 is 0 Å². The molecule has 0 spiro atoms. The van der Waals surface area contributed by atoms with E-state index in [1.54, 1.807) is 30.3 Å². The summed E-state index contributed by atoms with van der Waals surface area (Å²) in [7, 11) is 0. The molecular formula is C32H30N2O5. The molecule has 1 aliphatic heterocycles. The second-order valence-corrected chi connectivity index (χ2v) is 9.36. The van der Waals surface area contributed by atoms with Gasteiger partial charge in [-0.3, -0.25) is 9.69 Å². The van der Waals surface area contributed by atoms with Gasteiger partial charge in [0, 0.05) is 6.54 Å². The summed E-state index contributed by atoms with van der Waals surface area (Å²) in [5.41, 5.74) is 3.12. The van der Waals surface area contributed by atoms with E-state index >= 15 is 0 Å². The molecule has 39 heavy (non-hydrogen) atoms. The lowest BCUT2D eigenvalue weighted by atomic mass is 10.0. The van der Waals surface area contributed by atoms with Crippen molar-refractivity contribution < 1.29 is 24.2 Å². The zero-order valence-electron chi connectivity index (χ0n) is 21.5. The van der Waals surface area contributed by atoms with Gasteiger partial charge in [0.05, 0.1) is 16.8 Å². The summed E-state index contributed by atoms with van der Waals surface area (Å²) < 4.78 is 12.0. The van der Waals surface area contributed by atoms with Gasteiger partial charge in [-0.2, -0.15) is 0 Å². The monoisotopic (exact) mass is 522 g/mol. The third kappa shape index (κ3) is 6.64. The topological polar surface area (TPSA) is 88.1 Å². The van der Waals surface area contributed by atoms with Crippen LogP contribution in [0.5, 0.6) is 11.5 Å². The van der Waals surface area contributed by atoms with Crippen LogP contribution in [0.15, 0.2) is 97.1 Å². The third-order valence-electron chi connectivity index (χ3n) is 6.66. The number of benzene rings is 4. The number of hydrogen-bond acceptors (Lipinski definition) is 5. The largest absolute Gasteiger partial charge is 0.492 e. The number of hydrogen-bond donors (Lipinski definition) is 2. The van der Waals surface area contributed by atoms with Gasteiger partial charge in [-0.1, -0.05) is 66.7 Å². The molecule has 0 aromatic heterocycles. The van der Waals surface area contributed by atoms with E-state index in [0.29, 0.717) is 18.1 Å². The Labute approximate surface area is 227 Å². The highest BCUT2D eigenvalue weighted by Gasteiger charge is 2.20. The van der Waals surface area contributed by atoms with Crippen LogP contribution < -0.4 is 14.8 Å². The second-order valence-electron chi connectivity index (χ2n) is 9.36. The number of nitrogens with one attached hydrogen (secondary N) is 1. The SMILES string of the molecule is O=C(O)c1ccc(-c2ccccc2)cc1NC(=O)c1cc(OCCN2CCC2)ccc1OCc1ccccc1. The Kier molecular flexibility index (Phi) is 8.19. The molecule has 4 aromatic rings. The molecule has 1 aliphatic rings. The van der Waals surface area contributed by atoms with E-state index < -0.39 is 11.9 Å². The lowest BCUT2D eigenvalue weighted by molar-refractivity contribution is 0.0698. The van der Waals surface area contributed by atoms with Crippen molar-refractivity contribution in [1.29, 1.82) is 0 Å². The van der Waals surface area contributed by atoms with Crippen molar-refractivity contribution in [1.82, 2.24) is 4.90 Å². The molecule has 1 heterocycles. The Hall–Kier alpha value is -4.62. The molecule has 5 rings (SSSR count). The lowest BCUT2D eigenvalue weighted by Gasteiger charge is -2.30. The first-order valence-electron chi connectivity index (χ1n) is 13.0. The molecule has 4 aromatic carbocycles. The average Bonchev–Trinajstić information content (AvgIpc) is 2.94. The third-order valence-corrected chi connectivity index (χ3v) is 6.66. The minimum Gasteiger partial charge on any atom is -0.492 e. The van der Waals surface area contributed by atoms with Gasteiger partial charge in [0.2, 0.25) is 0 Å². The van der Waals surface area contributed by atoms with Gasteiger partial charge in [0.25, 0.3) is 5.91 Å². The second kappa shape index (κ2) is 12.3. The number of likely N-dealkylation sites (tertiary alicyclic amines) is 1. The van der Waals surface area contributed by atoms with Crippen LogP contribution in [0, 0.1) is 0 Å². The van der Waals surface area contributed by atoms with Crippen LogP contribution in [0.3, 0.4) is 0 Å². The van der Waals surface area contributed by atoms with E-state index in [9.17, 15) is 14.7 Å². The predicted octanol–water partition coefficient (Wildman–Crippen LogP) is 5.97. The first-order chi connectivity index (χ1) is 19.1. The standard InChI is InChI=1S/C32H30N2O5/c35-31(33-29-20-25(12-14-27(29)32(36)37)24-10-5-2-6-11-24)28-21-26(38-19-18-34-16-7-17-34)13-15-30(28)39-22-23-8-3-1-4-9-23/h1-6,8-15,20-21H,7,16-19,22H2,(H,33,35)(H,36,37). The van der Waals surface area contributed by atoms with Crippen LogP contribution in [0.2, 0.25) is 0 Å². The van der Waals surface area contributed by atoms with Gasteiger partial charge in [0.1, 0.15) is 24.7 Å². The van der Waals surface area contributed by atoms with Gasteiger partial charge in [-0.05, 0) is 66.5 Å². The molecule has 198 valence electrons. The van der Waals surface area contributed by atoms with Gasteiger partial charge in [-0.25, -0.2) is 4.79 Å². The van der Waals surface area contributed by atoms with Crippen LogP contribution in [-0.2, 0) is 6.61 Å². The number of aromatic carboxylic acids is 1. The fraction of sp³-hybridized carbons (Fsp3) is 0.188. The molecule has 0 saturated carbocycles. The normalized spacial score (nSPS) is 12.8. The van der Waals surface area contributed by atoms with Gasteiger partial charge < -0.3 is 19.9 Å². The minimum absolute atomic E-state index is 0.00302. The van der Waals surface area contributed by atoms with Crippen molar-refractivity contribution in [3.8, 4) is 22.6 Å². The maximum atomic E-state index is 13.6. The smallest absolute Gasteiger partial charge is 0.337 e. The Morgan fingerprint density at radius 1 is 0.795 bits per heavy atom. The molecule has 1 saturated heterocycles. The number of anilines is 1.